The number of unbranched alkanes of at least 4 members (excludes halogenated alkanes) is 3. The molecule has 2 heterocycles. The topological polar surface area (TPSA) is 105 Å². The maximum Gasteiger partial charge on any atom is 0.160 e. The lowest BCUT2D eigenvalue weighted by molar-refractivity contribution is 0.304. The van der Waals surface area contributed by atoms with Gasteiger partial charge < -0.3 is 14.8 Å². The third-order valence-electron chi connectivity index (χ3n) is 4.98. The largest absolute Gasteiger partial charge is 0.492 e. The Balaban J connectivity index is 1.71. The molecule has 0 saturated carbocycles. The Bertz CT molecular complexity index is 1190. The summed E-state index contributed by atoms with van der Waals surface area (Å²) in [4.78, 5) is 17.0. The lowest BCUT2D eigenvalue weighted by Crippen LogP contribution is -2.01. The van der Waals surface area contributed by atoms with E-state index in [4.69, 9.17) is 14.9 Å². The molecule has 8 nitrogen and oxygen atoms in total. The number of aryl methyl sites for hydroxylation is 1. The molecule has 34 heavy (non-hydrogen) atoms. The monoisotopic (exact) mass is 458 g/mol. The number of allylic oxidation sites excluding steroid dienone is 2. The predicted molar refractivity (Wildman–Crippen MR) is 138 cm³/mol. The maximum atomic E-state index is 6.94. The summed E-state index contributed by atoms with van der Waals surface area (Å²) in [5, 5.41) is 10.3. The van der Waals surface area contributed by atoms with Gasteiger partial charge in [0, 0.05) is 18.0 Å². The molecule has 0 unspecified atom stereocenters. The molecule has 3 aromatic rings. The fourth-order valence-electron chi connectivity index (χ4n) is 3.22. The first-order valence-corrected chi connectivity index (χ1v) is 11.3. The van der Waals surface area contributed by atoms with E-state index in [0.29, 0.717) is 40.7 Å². The molecule has 0 spiro atoms. The molecule has 0 aliphatic carbocycles. The molecule has 0 aliphatic heterocycles. The zero-order valence-corrected chi connectivity index (χ0v) is 19.6. The van der Waals surface area contributed by atoms with Crippen molar-refractivity contribution in [2.75, 3.05) is 11.9 Å². The average Bonchev–Trinajstić information content (AvgIpc) is 2.85. The van der Waals surface area contributed by atoms with Gasteiger partial charge in [-0.1, -0.05) is 32.8 Å². The van der Waals surface area contributed by atoms with Crippen LogP contribution >= 0.6 is 0 Å². The van der Waals surface area contributed by atoms with Gasteiger partial charge >= 0.3 is 0 Å². The maximum absolute atomic E-state index is 6.94. The van der Waals surface area contributed by atoms with Gasteiger partial charge in [-0.05, 0) is 49.3 Å². The van der Waals surface area contributed by atoms with Crippen molar-refractivity contribution in [3.63, 3.8) is 0 Å². The number of anilines is 2. The number of benzene rings is 1. The van der Waals surface area contributed by atoms with Crippen LogP contribution < -0.4 is 14.8 Å². The van der Waals surface area contributed by atoms with Gasteiger partial charge in [0.05, 0.1) is 18.3 Å². The average molecular weight is 459 g/mol. The minimum atomic E-state index is 0.531. The fraction of sp³-hybridized carbons (Fsp3) is 0.269. The summed E-state index contributed by atoms with van der Waals surface area (Å²) < 4.78 is 11.7. The summed E-state index contributed by atoms with van der Waals surface area (Å²) in [5.41, 5.74) is 3.15. The van der Waals surface area contributed by atoms with Crippen LogP contribution in [-0.4, -0.2) is 34.1 Å². The van der Waals surface area contributed by atoms with E-state index >= 15 is 0 Å². The number of nitrogens with one attached hydrogen (secondary N) is 2. The summed E-state index contributed by atoms with van der Waals surface area (Å²) >= 11 is 0. The number of pyridine rings is 1. The molecule has 3 rings (SSSR count). The number of aliphatic imine (C=N–C) groups is 1. The normalized spacial score (nSPS) is 11.5. The molecule has 0 radical (unpaired) electrons. The van der Waals surface area contributed by atoms with Gasteiger partial charge in [0.25, 0.3) is 0 Å². The van der Waals surface area contributed by atoms with Crippen molar-refractivity contribution in [2.24, 2.45) is 4.99 Å². The lowest BCUT2D eigenvalue weighted by atomic mass is 10.2. The summed E-state index contributed by atoms with van der Waals surface area (Å²) in [7, 11) is 0. The van der Waals surface area contributed by atoms with E-state index in [0.717, 1.165) is 24.0 Å². The standard InChI is InChI=1S/C26H30N6O2/c1-4-6-7-8-13-33-22-15-23-25(29-16-22)26(31-18-30-23)32-20-9-10-24(19(3)14-20)34-21(5-2)11-12-28-17-27/h5,9-12,14-18,27H,2,4,6-8,13H2,1,3H3,(H,30,31,32)/b21-11+,27-17?,28-12?. The number of hydrogen-bond acceptors (Lipinski definition) is 7. The first-order valence-electron chi connectivity index (χ1n) is 11.3. The van der Waals surface area contributed by atoms with Gasteiger partial charge in [-0.25, -0.2) is 19.9 Å². The summed E-state index contributed by atoms with van der Waals surface area (Å²) in [6, 6.07) is 7.62. The van der Waals surface area contributed by atoms with Crippen molar-refractivity contribution in [2.45, 2.75) is 39.5 Å². The van der Waals surface area contributed by atoms with Crippen molar-refractivity contribution < 1.29 is 9.47 Å². The van der Waals surface area contributed by atoms with Crippen molar-refractivity contribution >= 4 is 35.1 Å². The summed E-state index contributed by atoms with van der Waals surface area (Å²) in [6.07, 6.45) is 13.5. The zero-order chi connectivity index (χ0) is 24.2. The van der Waals surface area contributed by atoms with Gasteiger partial charge in [0.1, 0.15) is 35.4 Å². The molecule has 1 aromatic carbocycles. The van der Waals surface area contributed by atoms with Crippen LogP contribution in [0.2, 0.25) is 0 Å². The Morgan fingerprint density at radius 1 is 1.18 bits per heavy atom. The number of hydrogen-bond donors (Lipinski definition) is 2. The number of rotatable bonds is 13. The van der Waals surface area contributed by atoms with Crippen molar-refractivity contribution in [3.05, 3.63) is 66.8 Å². The lowest BCUT2D eigenvalue weighted by Gasteiger charge is -2.13. The van der Waals surface area contributed by atoms with Crippen molar-refractivity contribution in [1.82, 2.24) is 15.0 Å². The molecule has 0 saturated heterocycles. The zero-order valence-electron chi connectivity index (χ0n) is 19.6. The highest BCUT2D eigenvalue weighted by molar-refractivity contribution is 5.87. The molecule has 0 atom stereocenters. The molecule has 0 amide bonds. The highest BCUT2D eigenvalue weighted by Gasteiger charge is 2.09. The second kappa shape index (κ2) is 12.8. The number of ether oxygens (including phenoxy) is 2. The Kier molecular flexibility index (Phi) is 9.28. The highest BCUT2D eigenvalue weighted by atomic mass is 16.5. The number of nitrogens with zero attached hydrogens (tertiary/aromatic N) is 4. The van der Waals surface area contributed by atoms with Gasteiger partial charge in [-0.15, -0.1) is 0 Å². The Morgan fingerprint density at radius 3 is 2.82 bits per heavy atom. The number of aromatic nitrogens is 3. The minimum Gasteiger partial charge on any atom is -0.492 e. The Morgan fingerprint density at radius 2 is 2.06 bits per heavy atom. The van der Waals surface area contributed by atoms with Crippen LogP contribution in [0.15, 0.2) is 66.3 Å². The fourth-order valence-corrected chi connectivity index (χ4v) is 3.22. The first-order chi connectivity index (χ1) is 16.6. The van der Waals surface area contributed by atoms with Gasteiger partial charge in [0.2, 0.25) is 0 Å². The minimum absolute atomic E-state index is 0.531. The van der Waals surface area contributed by atoms with Crippen molar-refractivity contribution in [3.8, 4) is 11.5 Å². The smallest absolute Gasteiger partial charge is 0.160 e. The van der Waals surface area contributed by atoms with Crippen LogP contribution in [-0.2, 0) is 0 Å². The number of fused-ring (bicyclic) bond motifs is 1. The molecule has 0 aliphatic rings. The SMILES string of the molecule is C=C/C(=C\C=NC=N)Oc1ccc(Nc2ncnc3cc(OCCCCCC)cnc23)cc1C. The van der Waals surface area contributed by atoms with Crippen molar-refractivity contribution in [1.29, 1.82) is 5.41 Å². The molecule has 2 aromatic heterocycles. The second-order valence-corrected chi connectivity index (χ2v) is 7.58. The van der Waals surface area contributed by atoms with Crippen LogP contribution in [0.25, 0.3) is 11.0 Å². The van der Waals surface area contributed by atoms with E-state index in [1.54, 1.807) is 18.3 Å². The van der Waals surface area contributed by atoms with Gasteiger partial charge in [-0.2, -0.15) is 0 Å². The van der Waals surface area contributed by atoms with E-state index in [9.17, 15) is 0 Å². The first kappa shape index (κ1) is 24.6. The third kappa shape index (κ3) is 6.96. The molecule has 176 valence electrons. The predicted octanol–water partition coefficient (Wildman–Crippen LogP) is 6.16. The van der Waals surface area contributed by atoms with Crippen LogP contribution in [0, 0.1) is 12.3 Å². The quantitative estimate of drug-likeness (QED) is 0.104. The van der Waals surface area contributed by atoms with Crippen LogP contribution in [0.1, 0.15) is 38.2 Å². The van der Waals surface area contributed by atoms with E-state index in [2.05, 4.69) is 38.8 Å². The van der Waals surface area contributed by atoms with Gasteiger partial charge in [0.15, 0.2) is 5.82 Å². The molecule has 2 N–H and O–H groups in total. The Hall–Kier alpha value is -4.07. The van der Waals surface area contributed by atoms with E-state index in [1.165, 1.54) is 31.8 Å². The van der Waals surface area contributed by atoms with Gasteiger partial charge in [-0.3, -0.25) is 5.41 Å². The van der Waals surface area contributed by atoms with Crippen LogP contribution in [0.3, 0.4) is 0 Å². The van der Waals surface area contributed by atoms with Crippen LogP contribution in [0.4, 0.5) is 11.5 Å². The highest BCUT2D eigenvalue weighted by Crippen LogP contribution is 2.28. The summed E-state index contributed by atoms with van der Waals surface area (Å²) in [6.45, 7) is 8.57. The van der Waals surface area contributed by atoms with E-state index < -0.39 is 0 Å². The molecule has 0 fully saturated rings. The third-order valence-corrected chi connectivity index (χ3v) is 4.98. The molecular formula is C26H30N6O2. The molecule has 0 bridgehead atoms. The van der Waals surface area contributed by atoms with E-state index in [-0.39, 0.29) is 0 Å². The van der Waals surface area contributed by atoms with Crippen LogP contribution in [0.5, 0.6) is 11.5 Å². The second-order valence-electron chi connectivity index (χ2n) is 7.58. The van der Waals surface area contributed by atoms with E-state index in [1.807, 2.05) is 31.2 Å². The Labute approximate surface area is 200 Å². The molecule has 8 heteroatoms. The molecular weight excluding hydrogens is 428 g/mol. The summed E-state index contributed by atoms with van der Waals surface area (Å²) in [5.74, 6) is 2.54.